The van der Waals surface area contributed by atoms with E-state index in [0.29, 0.717) is 36.7 Å². The Kier molecular flexibility index (Phi) is 13.8. The van der Waals surface area contributed by atoms with Crippen molar-refractivity contribution in [1.82, 2.24) is 0 Å². The number of ether oxygens (including phenoxy) is 7. The summed E-state index contributed by atoms with van der Waals surface area (Å²) in [5.74, 6) is 1.63. The number of allylic oxidation sites excluding steroid dienone is 2. The fourth-order valence-corrected chi connectivity index (χ4v) is 5.05. The highest BCUT2D eigenvalue weighted by Gasteiger charge is 2.28. The molecule has 3 aromatic carbocycles. The number of carbonyl (C=O) groups is 2. The van der Waals surface area contributed by atoms with Crippen LogP contribution in [-0.2, 0) is 41.4 Å². The molecule has 0 radical (unpaired) electrons. The Morgan fingerprint density at radius 3 is 1.69 bits per heavy atom. The molecule has 2 atom stereocenters. The summed E-state index contributed by atoms with van der Waals surface area (Å²) < 4.78 is 41.9. The predicted molar refractivity (Wildman–Crippen MR) is 189 cm³/mol. The second-order valence-corrected chi connectivity index (χ2v) is 11.5. The lowest BCUT2D eigenvalue weighted by Crippen LogP contribution is -2.31. The molecule has 3 aromatic rings. The molecule has 9 heteroatoms. The molecule has 4 rings (SSSR count). The number of benzene rings is 3. The standard InChI is InChI=1S/C40H44O9/c1-7-20-43-23-31(48-39(41)27(3)4)25-45-37-33-16-12-13-17-34(33)38(46-26-32(24-44-21-8-2)49-40(42)28(5)6)36-22-30(18-19-35(36)37)47-29-14-10-9-11-15-29/h7-18,31-32H,1-3,5,19-26H2,4,6H3. The molecule has 0 heterocycles. The van der Waals surface area contributed by atoms with Crippen molar-refractivity contribution in [3.8, 4) is 17.2 Å². The zero-order chi connectivity index (χ0) is 35.2. The molecule has 0 fully saturated rings. The molecular formula is C40H44O9. The van der Waals surface area contributed by atoms with E-state index in [-0.39, 0.29) is 44.2 Å². The van der Waals surface area contributed by atoms with E-state index < -0.39 is 24.1 Å². The first kappa shape index (κ1) is 36.7. The summed E-state index contributed by atoms with van der Waals surface area (Å²) in [6.45, 7) is 18.8. The predicted octanol–water partition coefficient (Wildman–Crippen LogP) is 7.04. The molecule has 49 heavy (non-hydrogen) atoms. The number of hydrogen-bond acceptors (Lipinski definition) is 9. The van der Waals surface area contributed by atoms with Gasteiger partial charge in [-0.3, -0.25) is 0 Å². The van der Waals surface area contributed by atoms with E-state index >= 15 is 0 Å². The third-order valence-corrected chi connectivity index (χ3v) is 7.36. The molecule has 1 aliphatic carbocycles. The summed E-state index contributed by atoms with van der Waals surface area (Å²) in [5.41, 5.74) is 2.30. The number of para-hydroxylation sites is 1. The lowest BCUT2D eigenvalue weighted by atomic mass is 9.89. The molecule has 1 aliphatic rings. The minimum absolute atomic E-state index is 0.0188. The SMILES string of the molecule is C=CCOCC(COc1c2c(c(OCC(COCC=C)OC(=O)C(=C)C)c3ccccc13)CC(Oc1ccccc1)=CC2)OC(=O)C(=C)C. The molecular weight excluding hydrogens is 624 g/mol. The number of hydrogen-bond donors (Lipinski definition) is 0. The van der Waals surface area contributed by atoms with Gasteiger partial charge in [0.15, 0.2) is 12.2 Å². The quantitative estimate of drug-likeness (QED) is 0.0544. The molecule has 258 valence electrons. The summed E-state index contributed by atoms with van der Waals surface area (Å²) in [6.07, 6.45) is 4.73. The smallest absolute Gasteiger partial charge is 0.333 e. The first-order valence-electron chi connectivity index (χ1n) is 16.1. The van der Waals surface area contributed by atoms with Gasteiger partial charge in [0.05, 0.1) is 26.4 Å². The van der Waals surface area contributed by atoms with Crippen molar-refractivity contribution in [3.63, 3.8) is 0 Å². The van der Waals surface area contributed by atoms with Crippen molar-refractivity contribution in [2.75, 3.05) is 39.6 Å². The summed E-state index contributed by atoms with van der Waals surface area (Å²) in [7, 11) is 0. The first-order chi connectivity index (χ1) is 23.7. The molecule has 0 N–H and O–H groups in total. The van der Waals surface area contributed by atoms with Gasteiger partial charge in [0.25, 0.3) is 0 Å². The van der Waals surface area contributed by atoms with Crippen LogP contribution in [0.2, 0.25) is 0 Å². The van der Waals surface area contributed by atoms with Crippen LogP contribution in [-0.4, -0.2) is 63.8 Å². The van der Waals surface area contributed by atoms with E-state index in [0.717, 1.165) is 27.7 Å². The number of carbonyl (C=O) groups excluding carboxylic acids is 2. The minimum Gasteiger partial charge on any atom is -0.489 e. The van der Waals surface area contributed by atoms with Crippen LogP contribution < -0.4 is 14.2 Å². The van der Waals surface area contributed by atoms with Crippen LogP contribution in [0.3, 0.4) is 0 Å². The second kappa shape index (κ2) is 18.4. The van der Waals surface area contributed by atoms with Crippen molar-refractivity contribution in [1.29, 1.82) is 0 Å². The van der Waals surface area contributed by atoms with E-state index in [1.165, 1.54) is 0 Å². The maximum atomic E-state index is 12.5. The Morgan fingerprint density at radius 1 is 0.714 bits per heavy atom. The van der Waals surface area contributed by atoms with Crippen molar-refractivity contribution in [3.05, 3.63) is 127 Å². The minimum atomic E-state index is -0.715. The van der Waals surface area contributed by atoms with Crippen LogP contribution in [0.5, 0.6) is 17.2 Å². The molecule has 0 aromatic heterocycles. The van der Waals surface area contributed by atoms with Gasteiger partial charge in [0.2, 0.25) is 0 Å². The molecule has 9 nitrogen and oxygen atoms in total. The normalized spacial score (nSPS) is 13.2. The molecule has 0 bridgehead atoms. The summed E-state index contributed by atoms with van der Waals surface area (Å²) in [6, 6.07) is 17.3. The van der Waals surface area contributed by atoms with Gasteiger partial charge in [-0.2, -0.15) is 0 Å². The van der Waals surface area contributed by atoms with Crippen LogP contribution >= 0.6 is 0 Å². The van der Waals surface area contributed by atoms with Gasteiger partial charge in [0.1, 0.15) is 36.2 Å². The zero-order valence-corrected chi connectivity index (χ0v) is 28.2. The third-order valence-electron chi connectivity index (χ3n) is 7.36. The fourth-order valence-electron chi connectivity index (χ4n) is 5.05. The van der Waals surface area contributed by atoms with Gasteiger partial charge < -0.3 is 33.2 Å². The maximum Gasteiger partial charge on any atom is 0.333 e. The summed E-state index contributed by atoms with van der Waals surface area (Å²) in [4.78, 5) is 24.9. The first-order valence-corrected chi connectivity index (χ1v) is 16.1. The highest BCUT2D eigenvalue weighted by atomic mass is 16.6. The van der Waals surface area contributed by atoms with Crippen LogP contribution in [0, 0.1) is 0 Å². The van der Waals surface area contributed by atoms with Gasteiger partial charge in [-0.05, 0) is 38.5 Å². The van der Waals surface area contributed by atoms with Crippen LogP contribution in [0.15, 0.2) is 116 Å². The van der Waals surface area contributed by atoms with Gasteiger partial charge >= 0.3 is 11.9 Å². The van der Waals surface area contributed by atoms with Crippen molar-refractivity contribution in [2.24, 2.45) is 0 Å². The highest BCUT2D eigenvalue weighted by Crippen LogP contribution is 2.44. The van der Waals surface area contributed by atoms with Crippen molar-refractivity contribution < 1.29 is 42.7 Å². The largest absolute Gasteiger partial charge is 0.489 e. The lowest BCUT2D eigenvalue weighted by molar-refractivity contribution is -0.149. The molecule has 0 aliphatic heterocycles. The topological polar surface area (TPSA) is 98.8 Å². The van der Waals surface area contributed by atoms with E-state index in [1.807, 2.05) is 60.7 Å². The van der Waals surface area contributed by atoms with Gasteiger partial charge in [-0.25, -0.2) is 9.59 Å². The summed E-state index contributed by atoms with van der Waals surface area (Å²) in [5, 5.41) is 1.58. The van der Waals surface area contributed by atoms with E-state index in [9.17, 15) is 9.59 Å². The maximum absolute atomic E-state index is 12.5. The van der Waals surface area contributed by atoms with E-state index in [4.69, 9.17) is 33.2 Å². The Balaban J connectivity index is 1.72. The van der Waals surface area contributed by atoms with Gasteiger partial charge in [-0.1, -0.05) is 67.8 Å². The zero-order valence-electron chi connectivity index (χ0n) is 28.2. The average molecular weight is 669 g/mol. The van der Waals surface area contributed by atoms with E-state index in [1.54, 1.807) is 26.0 Å². The third kappa shape index (κ3) is 10.4. The molecule has 2 unspecified atom stereocenters. The van der Waals surface area contributed by atoms with Crippen molar-refractivity contribution in [2.45, 2.75) is 38.9 Å². The number of rotatable bonds is 20. The number of esters is 2. The molecule has 0 saturated heterocycles. The molecule has 0 spiro atoms. The van der Waals surface area contributed by atoms with Crippen LogP contribution in [0.1, 0.15) is 25.0 Å². The highest BCUT2D eigenvalue weighted by molar-refractivity contribution is 5.96. The Hall–Kier alpha value is -5.12. The molecule has 0 saturated carbocycles. The average Bonchev–Trinajstić information content (AvgIpc) is 3.09. The monoisotopic (exact) mass is 668 g/mol. The van der Waals surface area contributed by atoms with Gasteiger partial charge in [0, 0.05) is 39.5 Å². The fraction of sp³-hybridized carbons (Fsp3) is 0.300. The number of fused-ring (bicyclic) bond motifs is 2. The Bertz CT molecular complexity index is 1690. The Labute approximate surface area is 288 Å². The van der Waals surface area contributed by atoms with Gasteiger partial charge in [-0.15, -0.1) is 13.2 Å². The van der Waals surface area contributed by atoms with E-state index in [2.05, 4.69) is 26.3 Å². The van der Waals surface area contributed by atoms with Crippen LogP contribution in [0.25, 0.3) is 10.8 Å². The summed E-state index contributed by atoms with van der Waals surface area (Å²) >= 11 is 0. The van der Waals surface area contributed by atoms with Crippen LogP contribution in [0.4, 0.5) is 0 Å². The van der Waals surface area contributed by atoms with Crippen molar-refractivity contribution >= 4 is 22.7 Å². The second-order valence-electron chi connectivity index (χ2n) is 11.5. The lowest BCUT2D eigenvalue weighted by Gasteiger charge is -2.27. The Morgan fingerprint density at radius 2 is 1.20 bits per heavy atom. The molecule has 0 amide bonds.